The van der Waals surface area contributed by atoms with Gasteiger partial charge in [-0.05, 0) is 63.8 Å². The molecule has 1 heterocycles. The molecule has 0 aliphatic carbocycles. The molecule has 0 aromatic heterocycles. The predicted molar refractivity (Wildman–Crippen MR) is 169 cm³/mol. The Morgan fingerprint density at radius 2 is 1.80 bits per heavy atom. The van der Waals surface area contributed by atoms with Crippen LogP contribution in [0, 0.1) is 5.41 Å². The highest BCUT2D eigenvalue weighted by molar-refractivity contribution is 6.30. The second-order valence-electron chi connectivity index (χ2n) is 12.7. The lowest BCUT2D eigenvalue weighted by atomic mass is 9.94. The van der Waals surface area contributed by atoms with E-state index >= 15 is 0 Å². The van der Waals surface area contributed by atoms with Crippen LogP contribution in [0.1, 0.15) is 78.5 Å². The highest BCUT2D eigenvalue weighted by Gasteiger charge is 2.40. The zero-order valence-electron chi connectivity index (χ0n) is 27.0. The van der Waals surface area contributed by atoms with Gasteiger partial charge >= 0.3 is 12.1 Å². The van der Waals surface area contributed by atoms with Crippen LogP contribution < -0.4 is 19.7 Å². The number of hydrogen-bond acceptors (Lipinski definition) is 8. The lowest BCUT2D eigenvalue weighted by Gasteiger charge is -2.31. The molecule has 0 spiro atoms. The highest BCUT2D eigenvalue weighted by Crippen LogP contribution is 2.45. The zero-order chi connectivity index (χ0) is 32.7. The number of hydrogen-bond donors (Lipinski definition) is 1. The van der Waals surface area contributed by atoms with Crippen LogP contribution >= 0.6 is 11.6 Å². The Kier molecular flexibility index (Phi) is 11.9. The average Bonchev–Trinajstić information content (AvgIpc) is 3.01. The minimum Gasteiger partial charge on any atom is -0.492 e. The van der Waals surface area contributed by atoms with E-state index in [9.17, 15) is 14.4 Å². The molecule has 1 aliphatic rings. The van der Waals surface area contributed by atoms with Gasteiger partial charge in [0.2, 0.25) is 0 Å². The number of nitrogens with one attached hydrogen (secondary N) is 1. The predicted octanol–water partition coefficient (Wildman–Crippen LogP) is 6.46. The molecule has 2 atom stereocenters. The quantitative estimate of drug-likeness (QED) is 0.222. The van der Waals surface area contributed by atoms with Crippen LogP contribution in [0.15, 0.2) is 36.4 Å². The molecular weight excluding hydrogens is 588 g/mol. The number of ether oxygens (including phenoxy) is 5. The maximum Gasteiger partial charge on any atom is 0.407 e. The molecule has 2 aromatic carbocycles. The van der Waals surface area contributed by atoms with Crippen LogP contribution in [0.3, 0.4) is 0 Å². The molecule has 1 aliphatic heterocycles. The van der Waals surface area contributed by atoms with E-state index in [2.05, 4.69) is 5.32 Å². The van der Waals surface area contributed by atoms with Crippen molar-refractivity contribution in [1.82, 2.24) is 5.32 Å². The van der Waals surface area contributed by atoms with E-state index in [1.807, 2.05) is 26.8 Å². The second-order valence-corrected chi connectivity index (χ2v) is 13.1. The summed E-state index contributed by atoms with van der Waals surface area (Å²) in [4.78, 5) is 40.2. The van der Waals surface area contributed by atoms with E-state index < -0.39 is 29.9 Å². The number of carbonyl (C=O) groups is 3. The number of halogens is 1. The van der Waals surface area contributed by atoms with Gasteiger partial charge in [0.25, 0.3) is 5.91 Å². The third kappa shape index (κ3) is 9.75. The van der Waals surface area contributed by atoms with Crippen LogP contribution in [0.5, 0.6) is 11.5 Å². The van der Waals surface area contributed by atoms with Gasteiger partial charge in [-0.2, -0.15) is 0 Å². The van der Waals surface area contributed by atoms with E-state index in [-0.39, 0.29) is 31.0 Å². The smallest absolute Gasteiger partial charge is 0.407 e. The van der Waals surface area contributed by atoms with Crippen molar-refractivity contribution in [3.8, 4) is 11.5 Å². The van der Waals surface area contributed by atoms with E-state index in [4.69, 9.17) is 35.3 Å². The van der Waals surface area contributed by atoms with E-state index in [1.54, 1.807) is 62.9 Å². The Morgan fingerprint density at radius 1 is 1.07 bits per heavy atom. The molecule has 44 heavy (non-hydrogen) atoms. The number of methoxy groups -OCH3 is 1. The Labute approximate surface area is 265 Å². The molecule has 242 valence electrons. The third-order valence-electron chi connectivity index (χ3n) is 6.44. The largest absolute Gasteiger partial charge is 0.492 e. The standard InChI is InChI=1S/C33H45ClN2O8/c1-9-41-27(37)19-26-30(38)36(20-32(2,3)4)24-15-14-21(34)18-23(24)28(43-26)22-12-10-13-25(29(22)40-8)42-17-11-16-35-31(39)44-33(5,6)7/h10,12-15,18,26,28H,9,11,16-17,19-20H2,1-8H3,(H,35,39). The third-order valence-corrected chi connectivity index (χ3v) is 6.67. The molecule has 3 rings (SSSR count). The lowest BCUT2D eigenvalue weighted by molar-refractivity contribution is -0.151. The Bertz CT molecular complexity index is 1320. The summed E-state index contributed by atoms with van der Waals surface area (Å²) < 4.78 is 28.9. The number of esters is 1. The number of benzene rings is 2. The zero-order valence-corrected chi connectivity index (χ0v) is 27.7. The maximum absolute atomic E-state index is 14.0. The summed E-state index contributed by atoms with van der Waals surface area (Å²) in [7, 11) is 1.53. The number of alkyl carbamates (subject to hydrolysis) is 1. The molecule has 0 saturated carbocycles. The first-order valence-corrected chi connectivity index (χ1v) is 15.2. The van der Waals surface area contributed by atoms with Gasteiger partial charge in [0, 0.05) is 34.9 Å². The van der Waals surface area contributed by atoms with Crippen LogP contribution in [0.2, 0.25) is 5.02 Å². The first-order valence-electron chi connectivity index (χ1n) is 14.8. The van der Waals surface area contributed by atoms with Crippen molar-refractivity contribution in [1.29, 1.82) is 0 Å². The molecule has 1 N–H and O–H groups in total. The topological polar surface area (TPSA) is 113 Å². The van der Waals surface area contributed by atoms with Crippen molar-refractivity contribution in [2.75, 3.05) is 38.3 Å². The SMILES string of the molecule is CCOC(=O)CC1OC(c2cccc(OCCCNC(=O)OC(C)(C)C)c2OC)c2cc(Cl)ccc2N(CC(C)(C)C)C1=O. The van der Waals surface area contributed by atoms with Crippen molar-refractivity contribution >= 4 is 35.3 Å². The van der Waals surface area contributed by atoms with Crippen molar-refractivity contribution < 1.29 is 38.1 Å². The van der Waals surface area contributed by atoms with Gasteiger partial charge in [-0.25, -0.2) is 4.79 Å². The number of rotatable bonds is 11. The Morgan fingerprint density at radius 3 is 2.43 bits per heavy atom. The molecule has 2 amide bonds. The normalized spacial score (nSPS) is 16.9. The van der Waals surface area contributed by atoms with E-state index in [0.29, 0.717) is 52.8 Å². The molecule has 0 radical (unpaired) electrons. The summed E-state index contributed by atoms with van der Waals surface area (Å²) in [5.74, 6) is -0.00936. The van der Waals surface area contributed by atoms with Gasteiger partial charge in [0.15, 0.2) is 11.5 Å². The number of anilines is 1. The van der Waals surface area contributed by atoms with Crippen LogP contribution in [0.4, 0.5) is 10.5 Å². The Hall–Kier alpha value is -3.50. The van der Waals surface area contributed by atoms with E-state index in [0.717, 1.165) is 0 Å². The summed E-state index contributed by atoms with van der Waals surface area (Å²) in [6.07, 6.45) is -2.19. The van der Waals surface area contributed by atoms with Crippen molar-refractivity contribution in [3.63, 3.8) is 0 Å². The molecule has 0 bridgehead atoms. The summed E-state index contributed by atoms with van der Waals surface area (Å²) in [5.41, 5.74) is 1.04. The number of carbonyl (C=O) groups excluding carboxylic acids is 3. The number of amides is 2. The summed E-state index contributed by atoms with van der Waals surface area (Å²) >= 11 is 6.49. The first kappa shape index (κ1) is 35.0. The molecular formula is C33H45ClN2O8. The fourth-order valence-electron chi connectivity index (χ4n) is 4.78. The fourth-order valence-corrected chi connectivity index (χ4v) is 4.97. The number of fused-ring (bicyclic) bond motifs is 1. The van der Waals surface area contributed by atoms with Gasteiger partial charge in [-0.15, -0.1) is 0 Å². The van der Waals surface area contributed by atoms with Crippen molar-refractivity contribution in [2.24, 2.45) is 5.41 Å². The van der Waals surface area contributed by atoms with Gasteiger partial charge in [-0.1, -0.05) is 44.5 Å². The molecule has 11 heteroatoms. The van der Waals surface area contributed by atoms with Gasteiger partial charge in [0.1, 0.15) is 17.8 Å². The minimum atomic E-state index is -1.12. The van der Waals surface area contributed by atoms with Crippen LogP contribution in [-0.2, 0) is 23.8 Å². The summed E-state index contributed by atoms with van der Waals surface area (Å²) in [6.45, 7) is 14.4. The van der Waals surface area contributed by atoms with Crippen molar-refractivity contribution in [2.45, 2.75) is 79.1 Å². The average molecular weight is 633 g/mol. The molecule has 2 unspecified atom stereocenters. The molecule has 10 nitrogen and oxygen atoms in total. The van der Waals surface area contributed by atoms with E-state index in [1.165, 1.54) is 7.11 Å². The van der Waals surface area contributed by atoms with Gasteiger partial charge in [0.05, 0.1) is 26.7 Å². The molecule has 2 aromatic rings. The summed E-state index contributed by atoms with van der Waals surface area (Å²) in [5, 5.41) is 3.18. The highest BCUT2D eigenvalue weighted by atomic mass is 35.5. The van der Waals surface area contributed by atoms with Gasteiger partial charge in [-0.3, -0.25) is 9.59 Å². The van der Waals surface area contributed by atoms with Crippen molar-refractivity contribution in [3.05, 3.63) is 52.5 Å². The molecule has 0 saturated heterocycles. The first-order chi connectivity index (χ1) is 20.6. The summed E-state index contributed by atoms with van der Waals surface area (Å²) in [6, 6.07) is 10.7. The lowest BCUT2D eigenvalue weighted by Crippen LogP contribution is -2.44. The van der Waals surface area contributed by atoms with Gasteiger partial charge < -0.3 is 33.9 Å². The number of para-hydroxylation sites is 1. The molecule has 0 fully saturated rings. The maximum atomic E-state index is 14.0. The fraction of sp³-hybridized carbons (Fsp3) is 0.545. The second kappa shape index (κ2) is 15.0. The monoisotopic (exact) mass is 632 g/mol. The number of nitrogens with zero attached hydrogens (tertiary/aromatic N) is 1. The Balaban J connectivity index is 1.96. The minimum absolute atomic E-state index is 0.186. The van der Waals surface area contributed by atoms with Crippen LogP contribution in [0.25, 0.3) is 0 Å². The van der Waals surface area contributed by atoms with Crippen LogP contribution in [-0.4, -0.2) is 63.1 Å².